The lowest BCUT2D eigenvalue weighted by Gasteiger charge is -2.36. The monoisotopic (exact) mass is 467 g/mol. The molecule has 1 N–H and O–H groups in total. The Hall–Kier alpha value is -3.06. The molecule has 2 aromatic carbocycles. The summed E-state index contributed by atoms with van der Waals surface area (Å²) in [6, 6.07) is 18.5. The first-order chi connectivity index (χ1) is 14.5. The number of aryl methyl sites for hydroxylation is 1. The number of amides is 2. The van der Waals surface area contributed by atoms with Gasteiger partial charge in [0.1, 0.15) is 0 Å². The van der Waals surface area contributed by atoms with Gasteiger partial charge in [0.25, 0.3) is 11.8 Å². The molecule has 0 unspecified atom stereocenters. The molecule has 0 saturated carbocycles. The van der Waals surface area contributed by atoms with Gasteiger partial charge < -0.3 is 19.5 Å². The lowest BCUT2D eigenvalue weighted by molar-refractivity contribution is 0.0746. The zero-order valence-electron chi connectivity index (χ0n) is 16.6. The van der Waals surface area contributed by atoms with Crippen molar-refractivity contribution in [2.75, 3.05) is 36.4 Å². The summed E-state index contributed by atoms with van der Waals surface area (Å²) in [4.78, 5) is 29.5. The summed E-state index contributed by atoms with van der Waals surface area (Å²) in [6.07, 6.45) is 0. The predicted molar refractivity (Wildman–Crippen MR) is 120 cm³/mol. The topological polar surface area (TPSA) is 65.8 Å². The highest BCUT2D eigenvalue weighted by Crippen LogP contribution is 2.22. The van der Waals surface area contributed by atoms with E-state index in [0.29, 0.717) is 29.0 Å². The number of carbonyl (C=O) groups is 2. The summed E-state index contributed by atoms with van der Waals surface area (Å²) in [6.45, 7) is 5.00. The molecular formula is C23H22BrN3O3. The first-order valence-electron chi connectivity index (χ1n) is 9.78. The van der Waals surface area contributed by atoms with Crippen molar-refractivity contribution in [2.45, 2.75) is 6.92 Å². The summed E-state index contributed by atoms with van der Waals surface area (Å²) in [7, 11) is 0. The number of carbonyl (C=O) groups excluding carboxylic acids is 2. The molecule has 1 aromatic heterocycles. The van der Waals surface area contributed by atoms with Gasteiger partial charge in [-0.2, -0.15) is 0 Å². The highest BCUT2D eigenvalue weighted by Gasteiger charge is 2.23. The number of piperazine rings is 1. The third-order valence-corrected chi connectivity index (χ3v) is 5.61. The van der Waals surface area contributed by atoms with Crippen molar-refractivity contribution in [3.05, 3.63) is 82.2 Å². The lowest BCUT2D eigenvalue weighted by atomic mass is 10.1. The SMILES string of the molecule is Cc1ccccc1N1CCN(C(=O)c2cccc(NC(=O)c3ccc(Br)o3)c2)CC1. The third-order valence-electron chi connectivity index (χ3n) is 5.19. The zero-order chi connectivity index (χ0) is 21.1. The zero-order valence-corrected chi connectivity index (χ0v) is 18.2. The van der Waals surface area contributed by atoms with Crippen LogP contribution in [0, 0.1) is 6.92 Å². The van der Waals surface area contributed by atoms with Crippen molar-refractivity contribution < 1.29 is 14.0 Å². The summed E-state index contributed by atoms with van der Waals surface area (Å²) < 4.78 is 5.76. The number of anilines is 2. The van der Waals surface area contributed by atoms with Crippen molar-refractivity contribution >= 4 is 39.1 Å². The maximum Gasteiger partial charge on any atom is 0.291 e. The molecular weight excluding hydrogens is 446 g/mol. The first-order valence-corrected chi connectivity index (χ1v) is 10.6. The van der Waals surface area contributed by atoms with Gasteiger partial charge in [-0.05, 0) is 64.8 Å². The van der Waals surface area contributed by atoms with Gasteiger partial charge in [0.2, 0.25) is 0 Å². The molecule has 30 heavy (non-hydrogen) atoms. The Kier molecular flexibility index (Phi) is 5.90. The minimum Gasteiger partial charge on any atom is -0.444 e. The molecule has 2 amide bonds. The van der Waals surface area contributed by atoms with Gasteiger partial charge in [0, 0.05) is 43.1 Å². The van der Waals surface area contributed by atoms with Crippen LogP contribution in [0.5, 0.6) is 0 Å². The molecule has 2 heterocycles. The van der Waals surface area contributed by atoms with E-state index >= 15 is 0 Å². The first kappa shape index (κ1) is 20.2. The summed E-state index contributed by atoms with van der Waals surface area (Å²) in [5.74, 6) is -0.195. The predicted octanol–water partition coefficient (Wildman–Crippen LogP) is 4.57. The molecule has 0 atom stereocenters. The smallest absolute Gasteiger partial charge is 0.291 e. The van der Waals surface area contributed by atoms with Gasteiger partial charge in [-0.15, -0.1) is 0 Å². The number of para-hydroxylation sites is 1. The van der Waals surface area contributed by atoms with Crippen LogP contribution in [-0.2, 0) is 0 Å². The van der Waals surface area contributed by atoms with E-state index in [4.69, 9.17) is 4.42 Å². The highest BCUT2D eigenvalue weighted by molar-refractivity contribution is 9.10. The number of nitrogens with one attached hydrogen (secondary N) is 1. The lowest BCUT2D eigenvalue weighted by Crippen LogP contribution is -2.49. The minimum atomic E-state index is -0.364. The average molecular weight is 468 g/mol. The van der Waals surface area contributed by atoms with Crippen LogP contribution in [0.4, 0.5) is 11.4 Å². The van der Waals surface area contributed by atoms with E-state index in [1.54, 1.807) is 36.4 Å². The maximum absolute atomic E-state index is 13.0. The van der Waals surface area contributed by atoms with E-state index in [0.717, 1.165) is 13.1 Å². The van der Waals surface area contributed by atoms with Crippen LogP contribution < -0.4 is 10.2 Å². The van der Waals surface area contributed by atoms with Crippen LogP contribution in [-0.4, -0.2) is 42.9 Å². The molecule has 6 nitrogen and oxygen atoms in total. The Bertz CT molecular complexity index is 1070. The normalized spacial score (nSPS) is 13.9. The highest BCUT2D eigenvalue weighted by atomic mass is 79.9. The van der Waals surface area contributed by atoms with Crippen molar-refractivity contribution in [2.24, 2.45) is 0 Å². The number of rotatable bonds is 4. The second kappa shape index (κ2) is 8.75. The fourth-order valence-corrected chi connectivity index (χ4v) is 3.92. The van der Waals surface area contributed by atoms with E-state index in [1.807, 2.05) is 17.0 Å². The van der Waals surface area contributed by atoms with Crippen LogP contribution in [0.1, 0.15) is 26.5 Å². The molecule has 0 bridgehead atoms. The molecule has 0 spiro atoms. The van der Waals surface area contributed by atoms with Gasteiger partial charge in [0.05, 0.1) is 0 Å². The molecule has 1 aliphatic heterocycles. The van der Waals surface area contributed by atoms with Crippen molar-refractivity contribution in [1.82, 2.24) is 4.90 Å². The summed E-state index contributed by atoms with van der Waals surface area (Å²) in [5, 5.41) is 2.77. The van der Waals surface area contributed by atoms with Crippen molar-refractivity contribution in [1.29, 1.82) is 0 Å². The second-order valence-electron chi connectivity index (χ2n) is 7.20. The molecule has 0 aliphatic carbocycles. The van der Waals surface area contributed by atoms with Gasteiger partial charge in [-0.25, -0.2) is 0 Å². The Morgan fingerprint density at radius 3 is 2.43 bits per heavy atom. The molecule has 3 aromatic rings. The number of hydrogen-bond donors (Lipinski definition) is 1. The van der Waals surface area contributed by atoms with Crippen LogP contribution in [0.15, 0.2) is 69.8 Å². The Labute approximate surface area is 183 Å². The van der Waals surface area contributed by atoms with Gasteiger partial charge in [-0.3, -0.25) is 9.59 Å². The summed E-state index contributed by atoms with van der Waals surface area (Å²) >= 11 is 3.18. The molecule has 154 valence electrons. The standard InChI is InChI=1S/C23H22BrN3O3/c1-16-5-2-3-8-19(16)26-11-13-27(14-12-26)23(29)17-6-4-7-18(15-17)25-22(28)20-9-10-21(24)30-20/h2-10,15H,11-14H2,1H3,(H,25,28). The third kappa shape index (κ3) is 4.41. The van der Waals surface area contributed by atoms with Gasteiger partial charge >= 0.3 is 0 Å². The number of halogens is 1. The van der Waals surface area contributed by atoms with Crippen molar-refractivity contribution in [3.63, 3.8) is 0 Å². The maximum atomic E-state index is 13.0. The fraction of sp³-hybridized carbons (Fsp3) is 0.217. The minimum absolute atomic E-state index is 0.0312. The Morgan fingerprint density at radius 1 is 0.967 bits per heavy atom. The molecule has 1 saturated heterocycles. The van der Waals surface area contributed by atoms with E-state index in [-0.39, 0.29) is 17.6 Å². The summed E-state index contributed by atoms with van der Waals surface area (Å²) in [5.41, 5.74) is 3.57. The Balaban J connectivity index is 1.40. The number of nitrogens with zero attached hydrogens (tertiary/aromatic N) is 2. The Morgan fingerprint density at radius 2 is 1.73 bits per heavy atom. The molecule has 1 aliphatic rings. The van der Waals surface area contributed by atoms with Gasteiger partial charge in [-0.1, -0.05) is 24.3 Å². The number of benzene rings is 2. The van der Waals surface area contributed by atoms with E-state index in [9.17, 15) is 9.59 Å². The van der Waals surface area contributed by atoms with E-state index in [1.165, 1.54) is 11.3 Å². The van der Waals surface area contributed by atoms with E-state index in [2.05, 4.69) is 45.2 Å². The quantitative estimate of drug-likeness (QED) is 0.610. The molecule has 0 radical (unpaired) electrons. The largest absolute Gasteiger partial charge is 0.444 e. The van der Waals surface area contributed by atoms with Crippen LogP contribution in [0.25, 0.3) is 0 Å². The fourth-order valence-electron chi connectivity index (χ4n) is 3.61. The molecule has 7 heteroatoms. The van der Waals surface area contributed by atoms with Crippen molar-refractivity contribution in [3.8, 4) is 0 Å². The van der Waals surface area contributed by atoms with Crippen LogP contribution in [0.3, 0.4) is 0 Å². The number of hydrogen-bond acceptors (Lipinski definition) is 4. The average Bonchev–Trinajstić information content (AvgIpc) is 3.20. The van der Waals surface area contributed by atoms with Crippen LogP contribution in [0.2, 0.25) is 0 Å². The van der Waals surface area contributed by atoms with Gasteiger partial charge in [0.15, 0.2) is 10.4 Å². The molecule has 4 rings (SSSR count). The molecule has 1 fully saturated rings. The number of furan rings is 1. The van der Waals surface area contributed by atoms with E-state index < -0.39 is 0 Å². The second-order valence-corrected chi connectivity index (χ2v) is 7.99. The van der Waals surface area contributed by atoms with Crippen LogP contribution >= 0.6 is 15.9 Å².